The van der Waals surface area contributed by atoms with Crippen molar-refractivity contribution in [2.45, 2.75) is 31.3 Å². The highest BCUT2D eigenvalue weighted by atomic mass is 19.1. The number of halogens is 1. The topological polar surface area (TPSA) is 48.9 Å². The average molecular weight is 411 g/mol. The fraction of sp³-hybridized carbons (Fsp3) is 0.458. The number of hydrogen-bond donors (Lipinski definition) is 2. The molecule has 1 saturated carbocycles. The molecule has 0 unspecified atom stereocenters. The Morgan fingerprint density at radius 1 is 1.07 bits per heavy atom. The molecule has 1 heterocycles. The van der Waals surface area contributed by atoms with Gasteiger partial charge < -0.3 is 15.4 Å². The molecule has 2 N–H and O–H groups in total. The summed E-state index contributed by atoms with van der Waals surface area (Å²) in [4.78, 5) is 6.77. The van der Waals surface area contributed by atoms with Crippen LogP contribution in [-0.4, -0.2) is 50.8 Å². The van der Waals surface area contributed by atoms with Crippen molar-refractivity contribution in [1.29, 1.82) is 0 Å². The van der Waals surface area contributed by atoms with Crippen molar-refractivity contribution in [3.05, 3.63) is 71.0 Å². The van der Waals surface area contributed by atoms with E-state index in [4.69, 9.17) is 4.74 Å². The summed E-state index contributed by atoms with van der Waals surface area (Å²) in [5.74, 6) is 0.632. The van der Waals surface area contributed by atoms with Crippen LogP contribution in [0.3, 0.4) is 0 Å². The lowest BCUT2D eigenvalue weighted by Gasteiger charge is -2.26. The van der Waals surface area contributed by atoms with Gasteiger partial charge in [-0.05, 0) is 35.6 Å². The summed E-state index contributed by atoms with van der Waals surface area (Å²) in [6.07, 6.45) is 2.00. The zero-order valence-corrected chi connectivity index (χ0v) is 17.7. The average Bonchev–Trinajstić information content (AvgIpc) is 3.56. The van der Waals surface area contributed by atoms with Gasteiger partial charge in [-0.15, -0.1) is 0 Å². The normalized spacial score (nSPS) is 18.8. The molecule has 2 aromatic rings. The highest BCUT2D eigenvalue weighted by molar-refractivity contribution is 5.79. The van der Waals surface area contributed by atoms with Gasteiger partial charge in [-0.2, -0.15) is 0 Å². The minimum Gasteiger partial charge on any atom is -0.379 e. The highest BCUT2D eigenvalue weighted by Crippen LogP contribution is 2.48. The van der Waals surface area contributed by atoms with Crippen molar-refractivity contribution in [2.75, 3.05) is 39.9 Å². The van der Waals surface area contributed by atoms with Crippen molar-refractivity contribution < 1.29 is 9.13 Å². The summed E-state index contributed by atoms with van der Waals surface area (Å²) < 4.78 is 19.7. The molecule has 0 aromatic heterocycles. The van der Waals surface area contributed by atoms with Gasteiger partial charge in [0.2, 0.25) is 0 Å². The lowest BCUT2D eigenvalue weighted by atomic mass is 9.95. The Labute approximate surface area is 178 Å². The molecule has 1 saturated heterocycles. The number of aliphatic imine (C=N–C) groups is 1. The molecule has 0 atom stereocenters. The molecule has 160 valence electrons. The molecule has 30 heavy (non-hydrogen) atoms. The third-order valence-corrected chi connectivity index (χ3v) is 6.08. The largest absolute Gasteiger partial charge is 0.379 e. The third-order valence-electron chi connectivity index (χ3n) is 6.08. The highest BCUT2D eigenvalue weighted by Gasteiger charge is 2.45. The molecular weight excluding hydrogens is 379 g/mol. The van der Waals surface area contributed by atoms with Crippen molar-refractivity contribution >= 4 is 5.96 Å². The van der Waals surface area contributed by atoms with Gasteiger partial charge in [0.1, 0.15) is 5.82 Å². The summed E-state index contributed by atoms with van der Waals surface area (Å²) >= 11 is 0. The zero-order valence-electron chi connectivity index (χ0n) is 17.7. The van der Waals surface area contributed by atoms with E-state index in [1.807, 2.05) is 12.1 Å². The minimum absolute atomic E-state index is 0.110. The first-order valence-electron chi connectivity index (χ1n) is 10.8. The maximum atomic E-state index is 14.2. The predicted molar refractivity (Wildman–Crippen MR) is 118 cm³/mol. The molecule has 1 aliphatic carbocycles. The van der Waals surface area contributed by atoms with Crippen molar-refractivity contribution in [2.24, 2.45) is 4.99 Å². The first-order chi connectivity index (χ1) is 14.7. The molecule has 2 aliphatic rings. The Bertz CT molecular complexity index is 875. The second-order valence-electron chi connectivity index (χ2n) is 8.25. The van der Waals surface area contributed by atoms with Gasteiger partial charge in [0.15, 0.2) is 5.96 Å². The molecule has 0 bridgehead atoms. The van der Waals surface area contributed by atoms with Crippen LogP contribution in [0.1, 0.15) is 29.5 Å². The van der Waals surface area contributed by atoms with E-state index in [9.17, 15) is 4.39 Å². The number of hydrogen-bond acceptors (Lipinski definition) is 3. The number of ether oxygens (including phenoxy) is 1. The number of nitrogens with one attached hydrogen (secondary N) is 2. The predicted octanol–water partition coefficient (Wildman–Crippen LogP) is 3.05. The number of morpholine rings is 1. The number of rotatable bonds is 7. The van der Waals surface area contributed by atoms with Gasteiger partial charge in [-0.3, -0.25) is 9.89 Å². The maximum absolute atomic E-state index is 14.2. The molecule has 2 fully saturated rings. The van der Waals surface area contributed by atoms with E-state index in [1.165, 1.54) is 11.1 Å². The van der Waals surface area contributed by atoms with Gasteiger partial charge in [-0.25, -0.2) is 4.39 Å². The molecular formula is C24H31FN4O. The Balaban J connectivity index is 1.30. The molecule has 0 amide bonds. The van der Waals surface area contributed by atoms with Crippen LogP contribution in [0.4, 0.5) is 4.39 Å². The number of guanidine groups is 1. The van der Waals surface area contributed by atoms with E-state index in [2.05, 4.69) is 44.8 Å². The Kier molecular flexibility index (Phi) is 6.65. The van der Waals surface area contributed by atoms with Crippen LogP contribution in [0.2, 0.25) is 0 Å². The SMILES string of the molecule is CN=C(NCc1cccc(CN2CCOCC2)c1)NCC1(c2ccccc2F)CC1. The fourth-order valence-electron chi connectivity index (χ4n) is 4.10. The number of nitrogens with zero attached hydrogens (tertiary/aromatic N) is 2. The smallest absolute Gasteiger partial charge is 0.191 e. The molecule has 0 spiro atoms. The molecule has 2 aromatic carbocycles. The van der Waals surface area contributed by atoms with Crippen LogP contribution in [0.15, 0.2) is 53.5 Å². The summed E-state index contributed by atoms with van der Waals surface area (Å²) in [6.45, 7) is 5.95. The summed E-state index contributed by atoms with van der Waals surface area (Å²) in [5, 5.41) is 6.79. The zero-order chi connectivity index (χ0) is 20.8. The van der Waals surface area contributed by atoms with E-state index in [0.717, 1.165) is 57.2 Å². The van der Waals surface area contributed by atoms with Crippen LogP contribution in [0, 0.1) is 5.82 Å². The standard InChI is InChI=1S/C24H31FN4O/c1-26-23(28-18-24(9-10-24)21-7-2-3-8-22(21)25)27-16-19-5-4-6-20(15-19)17-29-11-13-30-14-12-29/h2-8,15H,9-14,16-18H2,1H3,(H2,26,27,28). The molecule has 1 aliphatic heterocycles. The van der Waals surface area contributed by atoms with Crippen LogP contribution >= 0.6 is 0 Å². The van der Waals surface area contributed by atoms with Gasteiger partial charge in [0, 0.05) is 45.2 Å². The Hall–Kier alpha value is -2.44. The van der Waals surface area contributed by atoms with Gasteiger partial charge in [0.05, 0.1) is 13.2 Å². The van der Waals surface area contributed by atoms with Gasteiger partial charge in [-0.1, -0.05) is 42.5 Å². The minimum atomic E-state index is -0.114. The van der Waals surface area contributed by atoms with E-state index in [-0.39, 0.29) is 11.2 Å². The first kappa shape index (κ1) is 20.8. The van der Waals surface area contributed by atoms with Gasteiger partial charge in [0.25, 0.3) is 0 Å². The first-order valence-corrected chi connectivity index (χ1v) is 10.8. The summed E-state index contributed by atoms with van der Waals surface area (Å²) in [7, 11) is 1.77. The maximum Gasteiger partial charge on any atom is 0.191 e. The number of benzene rings is 2. The lowest BCUT2D eigenvalue weighted by Crippen LogP contribution is -2.41. The Morgan fingerprint density at radius 3 is 2.57 bits per heavy atom. The van der Waals surface area contributed by atoms with E-state index >= 15 is 0 Å². The van der Waals surface area contributed by atoms with E-state index < -0.39 is 0 Å². The van der Waals surface area contributed by atoms with Gasteiger partial charge >= 0.3 is 0 Å². The van der Waals surface area contributed by atoms with E-state index in [1.54, 1.807) is 19.2 Å². The van der Waals surface area contributed by atoms with Crippen LogP contribution in [0.25, 0.3) is 0 Å². The monoisotopic (exact) mass is 410 g/mol. The van der Waals surface area contributed by atoms with Crippen molar-refractivity contribution in [3.8, 4) is 0 Å². The van der Waals surface area contributed by atoms with Crippen molar-refractivity contribution in [1.82, 2.24) is 15.5 Å². The molecule has 6 heteroatoms. The fourth-order valence-corrected chi connectivity index (χ4v) is 4.10. The lowest BCUT2D eigenvalue weighted by molar-refractivity contribution is 0.0342. The van der Waals surface area contributed by atoms with Crippen LogP contribution in [-0.2, 0) is 23.2 Å². The second-order valence-corrected chi connectivity index (χ2v) is 8.25. The second kappa shape index (κ2) is 9.58. The molecule has 4 rings (SSSR count). The summed E-state index contributed by atoms with van der Waals surface area (Å²) in [6, 6.07) is 15.8. The van der Waals surface area contributed by atoms with Crippen LogP contribution in [0.5, 0.6) is 0 Å². The Morgan fingerprint density at radius 2 is 1.83 bits per heavy atom. The van der Waals surface area contributed by atoms with E-state index in [0.29, 0.717) is 13.1 Å². The quantitative estimate of drug-likeness (QED) is 0.544. The van der Waals surface area contributed by atoms with Crippen LogP contribution < -0.4 is 10.6 Å². The van der Waals surface area contributed by atoms with Crippen molar-refractivity contribution in [3.63, 3.8) is 0 Å². The molecule has 5 nitrogen and oxygen atoms in total. The summed E-state index contributed by atoms with van der Waals surface area (Å²) in [5.41, 5.74) is 3.24. The molecule has 0 radical (unpaired) electrons. The third kappa shape index (κ3) is 5.18.